The number of benzene rings is 4. The third-order valence-corrected chi connectivity index (χ3v) is 9.12. The van der Waals surface area contributed by atoms with Crippen molar-refractivity contribution in [2.24, 2.45) is 0 Å². The third kappa shape index (κ3) is 6.10. The Kier molecular flexibility index (Phi) is 8.49. The van der Waals surface area contributed by atoms with Crippen LogP contribution in [-0.4, -0.2) is 38.3 Å². The van der Waals surface area contributed by atoms with E-state index in [9.17, 15) is 0 Å². The van der Waals surface area contributed by atoms with Gasteiger partial charge in [-0.05, 0) is 101 Å². The second-order valence-corrected chi connectivity index (χ2v) is 11.7. The van der Waals surface area contributed by atoms with Gasteiger partial charge < -0.3 is 20.1 Å². The predicted molar refractivity (Wildman–Crippen MR) is 175 cm³/mol. The quantitative estimate of drug-likeness (QED) is 0.174. The summed E-state index contributed by atoms with van der Waals surface area (Å²) in [4.78, 5) is 9.35. The average Bonchev–Trinajstić information content (AvgIpc) is 3.61. The third-order valence-electron chi connectivity index (χ3n) is 6.10. The molecule has 6 rings (SSSR count). The summed E-state index contributed by atoms with van der Waals surface area (Å²) in [6.07, 6.45) is 0. The van der Waals surface area contributed by atoms with Crippen molar-refractivity contribution in [3.05, 3.63) is 82.4 Å². The zero-order chi connectivity index (χ0) is 27.4. The van der Waals surface area contributed by atoms with E-state index >= 15 is 0 Å². The first-order chi connectivity index (χ1) is 19.0. The van der Waals surface area contributed by atoms with E-state index in [1.165, 1.54) is 3.57 Å². The van der Waals surface area contributed by atoms with Gasteiger partial charge >= 0.3 is 0 Å². The average molecular weight is 667 g/mol. The van der Waals surface area contributed by atoms with Crippen LogP contribution in [0.15, 0.2) is 78.9 Å². The summed E-state index contributed by atoms with van der Waals surface area (Å²) >= 11 is 5.71. The first-order valence-corrected chi connectivity index (χ1v) is 14.9. The molecule has 0 saturated heterocycles. The number of anilines is 2. The van der Waals surface area contributed by atoms with Gasteiger partial charge in [0.25, 0.3) is 0 Å². The molecule has 6 aromatic rings. The number of thiazole rings is 2. The fourth-order valence-electron chi connectivity index (χ4n) is 3.94. The van der Waals surface area contributed by atoms with Gasteiger partial charge in [-0.2, -0.15) is 0 Å². The molecule has 4 aromatic carbocycles. The monoisotopic (exact) mass is 666 g/mol. The van der Waals surface area contributed by atoms with Crippen molar-refractivity contribution in [2.75, 3.05) is 38.9 Å². The number of hydrogen-bond acceptors (Lipinski definition) is 8. The maximum Gasteiger partial charge on any atom is 0.124 e. The highest BCUT2D eigenvalue weighted by molar-refractivity contribution is 14.1. The zero-order valence-corrected chi connectivity index (χ0v) is 25.7. The number of hydrogen-bond donors (Lipinski definition) is 2. The standard InChI is InChI=1S/C15H13IN2OS.C15H14N2OS/c1-17-12-5-3-9(7-11(12)16)15-18-13-6-4-10(19-2)8-14(13)20-15;1-16-11-5-3-10(4-6-11)15-17-13-8-7-12(18-2)9-14(13)19-15/h3-8,17H,1-2H3;3-9,16H,1-2H3. The lowest BCUT2D eigenvalue weighted by molar-refractivity contribution is 0.415. The van der Waals surface area contributed by atoms with Crippen LogP contribution in [0, 0.1) is 3.57 Å². The summed E-state index contributed by atoms with van der Waals surface area (Å²) in [7, 11) is 7.21. The van der Waals surface area contributed by atoms with Crippen molar-refractivity contribution in [2.45, 2.75) is 0 Å². The van der Waals surface area contributed by atoms with E-state index in [0.29, 0.717) is 0 Å². The molecule has 0 atom stereocenters. The number of nitrogens with zero attached hydrogens (tertiary/aromatic N) is 2. The second-order valence-electron chi connectivity index (χ2n) is 8.48. The summed E-state index contributed by atoms with van der Waals surface area (Å²) < 4.78 is 14.0. The molecule has 198 valence electrons. The lowest BCUT2D eigenvalue weighted by Gasteiger charge is -2.04. The Morgan fingerprint density at radius 3 is 1.67 bits per heavy atom. The van der Waals surface area contributed by atoms with Crippen molar-refractivity contribution in [1.82, 2.24) is 9.97 Å². The van der Waals surface area contributed by atoms with E-state index in [2.05, 4.69) is 80.7 Å². The number of nitrogens with one attached hydrogen (secondary N) is 2. The van der Waals surface area contributed by atoms with Crippen LogP contribution in [0.25, 0.3) is 41.6 Å². The highest BCUT2D eigenvalue weighted by Gasteiger charge is 2.09. The molecule has 39 heavy (non-hydrogen) atoms. The fraction of sp³-hybridized carbons (Fsp3) is 0.133. The van der Waals surface area contributed by atoms with Crippen molar-refractivity contribution >= 4 is 77.1 Å². The van der Waals surface area contributed by atoms with Gasteiger partial charge in [0.2, 0.25) is 0 Å². The largest absolute Gasteiger partial charge is 0.497 e. The molecule has 6 nitrogen and oxygen atoms in total. The van der Waals surface area contributed by atoms with Crippen LogP contribution in [0.4, 0.5) is 11.4 Å². The lowest BCUT2D eigenvalue weighted by Crippen LogP contribution is -1.91. The molecule has 0 amide bonds. The Bertz CT molecular complexity index is 1730. The topological polar surface area (TPSA) is 68.3 Å². The Balaban J connectivity index is 0.000000158. The van der Waals surface area contributed by atoms with Gasteiger partial charge in [0.15, 0.2) is 0 Å². The summed E-state index contributed by atoms with van der Waals surface area (Å²) in [5.41, 5.74) is 6.55. The van der Waals surface area contributed by atoms with E-state index in [4.69, 9.17) is 14.5 Å². The summed E-state index contributed by atoms with van der Waals surface area (Å²) in [5, 5.41) is 8.36. The van der Waals surface area contributed by atoms with Crippen LogP contribution in [0.1, 0.15) is 0 Å². The Hall–Kier alpha value is -3.41. The van der Waals surface area contributed by atoms with Crippen LogP contribution in [0.2, 0.25) is 0 Å². The number of methoxy groups -OCH3 is 2. The number of halogens is 1. The van der Waals surface area contributed by atoms with Crippen molar-refractivity contribution in [1.29, 1.82) is 0 Å². The Morgan fingerprint density at radius 2 is 1.18 bits per heavy atom. The molecule has 0 saturated carbocycles. The summed E-state index contributed by atoms with van der Waals surface area (Å²) in [6.45, 7) is 0. The molecule has 0 unspecified atom stereocenters. The minimum Gasteiger partial charge on any atom is -0.497 e. The molecule has 0 aliphatic carbocycles. The minimum absolute atomic E-state index is 0.868. The molecule has 2 aromatic heterocycles. The molecule has 2 heterocycles. The maximum absolute atomic E-state index is 5.26. The summed E-state index contributed by atoms with van der Waals surface area (Å²) in [5.74, 6) is 1.74. The highest BCUT2D eigenvalue weighted by Crippen LogP contribution is 2.35. The van der Waals surface area contributed by atoms with Gasteiger partial charge in [0, 0.05) is 40.2 Å². The molecule has 0 bridgehead atoms. The number of rotatable bonds is 6. The molecular weight excluding hydrogens is 639 g/mol. The molecule has 0 radical (unpaired) electrons. The van der Waals surface area contributed by atoms with Gasteiger partial charge in [0.05, 0.1) is 34.7 Å². The predicted octanol–water partition coefficient (Wildman–Crippen LogP) is 8.63. The number of fused-ring (bicyclic) bond motifs is 2. The number of ether oxygens (including phenoxy) is 2. The van der Waals surface area contributed by atoms with E-state index in [1.54, 1.807) is 36.9 Å². The van der Waals surface area contributed by atoms with Crippen LogP contribution < -0.4 is 20.1 Å². The van der Waals surface area contributed by atoms with Gasteiger partial charge in [-0.25, -0.2) is 9.97 Å². The first-order valence-electron chi connectivity index (χ1n) is 12.2. The minimum atomic E-state index is 0.868. The number of aromatic nitrogens is 2. The van der Waals surface area contributed by atoms with Gasteiger partial charge in [-0.1, -0.05) is 0 Å². The van der Waals surface area contributed by atoms with Crippen LogP contribution in [0.3, 0.4) is 0 Å². The summed E-state index contributed by atoms with van der Waals surface area (Å²) in [6, 6.07) is 26.6. The highest BCUT2D eigenvalue weighted by atomic mass is 127. The normalized spacial score (nSPS) is 10.7. The Labute approximate surface area is 249 Å². The zero-order valence-electron chi connectivity index (χ0n) is 21.9. The fourth-order valence-corrected chi connectivity index (χ4v) is 6.72. The molecule has 0 fully saturated rings. The van der Waals surface area contributed by atoms with E-state index in [-0.39, 0.29) is 0 Å². The SMILES string of the molecule is CNc1ccc(-c2nc3ccc(OC)cc3s2)cc1.CNc1ccc(-c2nc3ccc(OC)cc3s2)cc1I. The van der Waals surface area contributed by atoms with Crippen molar-refractivity contribution < 1.29 is 9.47 Å². The molecular formula is C30H27IN4O2S2. The molecule has 0 spiro atoms. The van der Waals surface area contributed by atoms with Crippen LogP contribution in [-0.2, 0) is 0 Å². The Morgan fingerprint density at radius 1 is 0.641 bits per heavy atom. The van der Waals surface area contributed by atoms with Crippen molar-refractivity contribution in [3.8, 4) is 32.6 Å². The van der Waals surface area contributed by atoms with Gasteiger partial charge in [0.1, 0.15) is 21.5 Å². The van der Waals surface area contributed by atoms with E-state index in [1.807, 2.05) is 50.5 Å². The van der Waals surface area contributed by atoms with E-state index < -0.39 is 0 Å². The van der Waals surface area contributed by atoms with E-state index in [0.717, 1.165) is 64.4 Å². The maximum atomic E-state index is 5.26. The molecule has 2 N–H and O–H groups in total. The van der Waals surface area contributed by atoms with Gasteiger partial charge in [-0.15, -0.1) is 22.7 Å². The molecule has 9 heteroatoms. The first kappa shape index (κ1) is 27.2. The smallest absolute Gasteiger partial charge is 0.124 e. The molecule has 0 aliphatic heterocycles. The van der Waals surface area contributed by atoms with Crippen LogP contribution in [0.5, 0.6) is 11.5 Å². The van der Waals surface area contributed by atoms with Gasteiger partial charge in [-0.3, -0.25) is 0 Å². The molecule has 0 aliphatic rings. The second kappa shape index (κ2) is 12.2. The van der Waals surface area contributed by atoms with Crippen molar-refractivity contribution in [3.63, 3.8) is 0 Å². The lowest BCUT2D eigenvalue weighted by atomic mass is 10.2. The van der Waals surface area contributed by atoms with Crippen LogP contribution >= 0.6 is 45.3 Å².